The van der Waals surface area contributed by atoms with E-state index in [0.29, 0.717) is 27.5 Å². The first-order chi connectivity index (χ1) is 14.3. The number of hydrogen-bond donors (Lipinski definition) is 1. The van der Waals surface area contributed by atoms with Crippen LogP contribution in [0.1, 0.15) is 61.1 Å². The second kappa shape index (κ2) is 8.41. The van der Waals surface area contributed by atoms with E-state index in [-0.39, 0.29) is 24.0 Å². The summed E-state index contributed by atoms with van der Waals surface area (Å²) in [5.41, 5.74) is 3.28. The minimum atomic E-state index is -0.231. The fourth-order valence-electron chi connectivity index (χ4n) is 3.83. The number of thiazole rings is 1. The van der Waals surface area contributed by atoms with Gasteiger partial charge < -0.3 is 9.26 Å². The second-order valence-electron chi connectivity index (χ2n) is 8.25. The fourth-order valence-corrected chi connectivity index (χ4v) is 4.53. The van der Waals surface area contributed by atoms with Gasteiger partial charge in [0.2, 0.25) is 0 Å². The van der Waals surface area contributed by atoms with E-state index in [4.69, 9.17) is 9.26 Å². The Balaban J connectivity index is 1.52. The zero-order valence-electron chi connectivity index (χ0n) is 17.9. The van der Waals surface area contributed by atoms with Crippen LogP contribution in [0, 0.1) is 6.92 Å². The lowest BCUT2D eigenvalue weighted by Gasteiger charge is -2.34. The van der Waals surface area contributed by atoms with E-state index < -0.39 is 0 Å². The maximum Gasteiger partial charge on any atom is 0.259 e. The summed E-state index contributed by atoms with van der Waals surface area (Å²) >= 11 is 1.43. The third kappa shape index (κ3) is 4.38. The number of carbonyl (C=O) groups excluding carboxylic acids is 1. The van der Waals surface area contributed by atoms with Crippen LogP contribution in [0.3, 0.4) is 0 Å². The molecule has 1 aliphatic rings. The van der Waals surface area contributed by atoms with Crippen molar-refractivity contribution in [2.45, 2.75) is 59.3 Å². The summed E-state index contributed by atoms with van der Waals surface area (Å²) in [5.74, 6) is -0.0683. The molecule has 1 fully saturated rings. The molecule has 1 aliphatic heterocycles. The van der Waals surface area contributed by atoms with Gasteiger partial charge in [-0.15, -0.1) is 11.3 Å². The maximum absolute atomic E-state index is 13.1. The molecule has 0 aromatic carbocycles. The predicted molar refractivity (Wildman–Crippen MR) is 116 cm³/mol. The lowest BCUT2D eigenvalue weighted by molar-refractivity contribution is -0.0707. The predicted octanol–water partition coefficient (Wildman–Crippen LogP) is 3.97. The third-order valence-electron chi connectivity index (χ3n) is 5.13. The number of nitrogens with zero attached hydrogens (tertiary/aromatic N) is 4. The molecule has 4 heterocycles. The molecule has 8 nitrogen and oxygen atoms in total. The molecule has 9 heteroatoms. The minimum Gasteiger partial charge on any atom is -0.373 e. The van der Waals surface area contributed by atoms with Crippen molar-refractivity contribution in [3.05, 3.63) is 34.1 Å². The Kier molecular flexibility index (Phi) is 5.86. The standard InChI is InChI=1S/C21H27N5O3S/c1-11(2)17-6-16(18-14(5)25-29-20(18)23-17)19(27)24-21-22-15(10-30-21)9-26-7-12(3)28-13(4)8-26/h6,10-13H,7-9H2,1-5H3,(H,22,24,27). The number of hydrogen-bond acceptors (Lipinski definition) is 8. The highest BCUT2D eigenvalue weighted by Crippen LogP contribution is 2.27. The van der Waals surface area contributed by atoms with Crippen molar-refractivity contribution in [1.82, 2.24) is 20.0 Å². The monoisotopic (exact) mass is 429 g/mol. The molecule has 0 radical (unpaired) electrons. The van der Waals surface area contributed by atoms with Crippen LogP contribution in [0.5, 0.6) is 0 Å². The molecule has 160 valence electrons. The number of aromatic nitrogens is 3. The first-order valence-corrected chi connectivity index (χ1v) is 11.1. The fraction of sp³-hybridized carbons (Fsp3) is 0.524. The summed E-state index contributed by atoms with van der Waals surface area (Å²) in [5, 5.41) is 10.1. The number of carbonyl (C=O) groups is 1. The molecule has 0 aliphatic carbocycles. The van der Waals surface area contributed by atoms with Crippen LogP contribution in [0.2, 0.25) is 0 Å². The van der Waals surface area contributed by atoms with E-state index in [1.165, 1.54) is 11.3 Å². The molecule has 2 unspecified atom stereocenters. The molecule has 1 amide bonds. The van der Waals surface area contributed by atoms with Crippen molar-refractivity contribution >= 4 is 33.5 Å². The van der Waals surface area contributed by atoms with E-state index >= 15 is 0 Å². The SMILES string of the molecule is Cc1noc2nc(C(C)C)cc(C(=O)Nc3nc(CN4CC(C)OC(C)C4)cs3)c12. The number of nitrogens with one attached hydrogen (secondary N) is 1. The van der Waals surface area contributed by atoms with E-state index in [1.807, 2.05) is 32.2 Å². The number of ether oxygens (including phenoxy) is 1. The summed E-state index contributed by atoms with van der Waals surface area (Å²) in [6, 6.07) is 1.82. The Morgan fingerprint density at radius 1 is 1.30 bits per heavy atom. The summed E-state index contributed by atoms with van der Waals surface area (Å²) in [4.78, 5) is 24.5. The lowest BCUT2D eigenvalue weighted by Crippen LogP contribution is -2.44. The molecule has 1 N–H and O–H groups in total. The van der Waals surface area contributed by atoms with E-state index in [2.05, 4.69) is 39.2 Å². The quantitative estimate of drug-likeness (QED) is 0.656. The van der Waals surface area contributed by atoms with Crippen molar-refractivity contribution in [1.29, 1.82) is 0 Å². The van der Waals surface area contributed by atoms with Crippen molar-refractivity contribution in [2.75, 3.05) is 18.4 Å². The molecule has 0 spiro atoms. The molecule has 2 atom stereocenters. The summed E-state index contributed by atoms with van der Waals surface area (Å²) in [7, 11) is 0. The first-order valence-electron chi connectivity index (χ1n) is 10.2. The first kappa shape index (κ1) is 20.9. The van der Waals surface area contributed by atoms with Crippen molar-refractivity contribution in [3.63, 3.8) is 0 Å². The van der Waals surface area contributed by atoms with Gasteiger partial charge in [0.15, 0.2) is 5.13 Å². The van der Waals surface area contributed by atoms with Crippen LogP contribution < -0.4 is 5.32 Å². The van der Waals surface area contributed by atoms with Crippen LogP contribution in [-0.4, -0.2) is 51.2 Å². The summed E-state index contributed by atoms with van der Waals surface area (Å²) in [6.45, 7) is 12.5. The highest BCUT2D eigenvalue weighted by molar-refractivity contribution is 7.14. The number of morpholine rings is 1. The normalized spacial score (nSPS) is 20.2. The van der Waals surface area contributed by atoms with Crippen LogP contribution in [0.4, 0.5) is 5.13 Å². The molecule has 3 aromatic heterocycles. The molecular weight excluding hydrogens is 402 g/mol. The molecule has 3 aromatic rings. The zero-order chi connectivity index (χ0) is 21.4. The second-order valence-corrected chi connectivity index (χ2v) is 9.11. The van der Waals surface area contributed by atoms with Gasteiger partial charge in [0.1, 0.15) is 0 Å². The van der Waals surface area contributed by atoms with Crippen LogP contribution >= 0.6 is 11.3 Å². The van der Waals surface area contributed by atoms with Crippen LogP contribution in [-0.2, 0) is 11.3 Å². The third-order valence-corrected chi connectivity index (χ3v) is 5.93. The van der Waals surface area contributed by atoms with E-state index in [0.717, 1.165) is 31.0 Å². The Labute approximate surface area is 179 Å². The topological polar surface area (TPSA) is 93.4 Å². The Morgan fingerprint density at radius 2 is 2.03 bits per heavy atom. The molecule has 4 rings (SSSR count). The van der Waals surface area contributed by atoms with Gasteiger partial charge in [0.05, 0.1) is 34.5 Å². The molecule has 30 heavy (non-hydrogen) atoms. The highest BCUT2D eigenvalue weighted by atomic mass is 32.1. The van der Waals surface area contributed by atoms with Gasteiger partial charge in [-0.2, -0.15) is 0 Å². The van der Waals surface area contributed by atoms with Gasteiger partial charge in [-0.05, 0) is 32.8 Å². The number of rotatable bonds is 5. The number of anilines is 1. The molecule has 0 saturated carbocycles. The maximum atomic E-state index is 13.1. The Bertz CT molecular complexity index is 1050. The van der Waals surface area contributed by atoms with Crippen molar-refractivity contribution in [2.24, 2.45) is 0 Å². The van der Waals surface area contributed by atoms with Gasteiger partial charge in [-0.1, -0.05) is 19.0 Å². The molecular formula is C21H27N5O3S. The number of fused-ring (bicyclic) bond motifs is 1. The largest absolute Gasteiger partial charge is 0.373 e. The Hall–Kier alpha value is -2.36. The molecule has 0 bridgehead atoms. The molecule has 1 saturated heterocycles. The average molecular weight is 430 g/mol. The van der Waals surface area contributed by atoms with Gasteiger partial charge in [0.25, 0.3) is 11.6 Å². The number of pyridine rings is 1. The van der Waals surface area contributed by atoms with E-state index in [9.17, 15) is 4.79 Å². The Morgan fingerprint density at radius 3 is 2.73 bits per heavy atom. The number of aryl methyl sites for hydroxylation is 1. The lowest BCUT2D eigenvalue weighted by atomic mass is 10.0. The van der Waals surface area contributed by atoms with Gasteiger partial charge in [-0.3, -0.25) is 15.0 Å². The average Bonchev–Trinajstić information content (AvgIpc) is 3.26. The van der Waals surface area contributed by atoms with E-state index in [1.54, 1.807) is 0 Å². The highest BCUT2D eigenvalue weighted by Gasteiger charge is 2.24. The summed E-state index contributed by atoms with van der Waals surface area (Å²) < 4.78 is 11.1. The zero-order valence-corrected chi connectivity index (χ0v) is 18.7. The van der Waals surface area contributed by atoms with Gasteiger partial charge in [-0.25, -0.2) is 9.97 Å². The van der Waals surface area contributed by atoms with Crippen LogP contribution in [0.15, 0.2) is 16.0 Å². The smallest absolute Gasteiger partial charge is 0.259 e. The van der Waals surface area contributed by atoms with Crippen molar-refractivity contribution in [3.8, 4) is 0 Å². The number of amides is 1. The van der Waals surface area contributed by atoms with Gasteiger partial charge >= 0.3 is 0 Å². The summed E-state index contributed by atoms with van der Waals surface area (Å²) in [6.07, 6.45) is 0.422. The van der Waals surface area contributed by atoms with Crippen molar-refractivity contribution < 1.29 is 14.1 Å². The van der Waals surface area contributed by atoms with Gasteiger partial charge in [0, 0.05) is 30.7 Å². The minimum absolute atomic E-state index is 0.163. The van der Waals surface area contributed by atoms with Crippen LogP contribution in [0.25, 0.3) is 11.1 Å².